The molecule has 0 spiro atoms. The third-order valence-corrected chi connectivity index (χ3v) is 0.973. The van der Waals surface area contributed by atoms with E-state index < -0.39 is 0 Å². The van der Waals surface area contributed by atoms with Gasteiger partial charge in [-0.25, -0.2) is 0 Å². The molecule has 0 bridgehead atoms. The first-order valence-electron chi connectivity index (χ1n) is 3.74. The molecule has 0 heterocycles. The molecule has 0 aliphatic rings. The summed E-state index contributed by atoms with van der Waals surface area (Å²) in [5.41, 5.74) is 1.27. The third-order valence-electron chi connectivity index (χ3n) is 0.973. The molecule has 0 rings (SSSR count). The Hall–Kier alpha value is -0.700. The largest absolute Gasteiger partial charge is 0.0983 e. The summed E-state index contributed by atoms with van der Waals surface area (Å²) < 4.78 is 0. The van der Waals surface area contributed by atoms with Crippen LogP contribution in [0.5, 0.6) is 0 Å². The minimum Gasteiger partial charge on any atom is -0.0983 e. The van der Waals surface area contributed by atoms with Crippen LogP contribution in [0, 0.1) is 17.8 Å². The predicted molar refractivity (Wildman–Crippen MR) is 46.7 cm³/mol. The topological polar surface area (TPSA) is 0 Å². The molecule has 0 aliphatic heterocycles. The molecule has 56 valence electrons. The Balaban J connectivity index is 3.61. The van der Waals surface area contributed by atoms with Crippen LogP contribution in [0.4, 0.5) is 0 Å². The molecule has 0 amide bonds. The van der Waals surface area contributed by atoms with Crippen molar-refractivity contribution in [1.82, 2.24) is 0 Å². The fourth-order valence-electron chi connectivity index (χ4n) is 0.458. The zero-order valence-corrected chi connectivity index (χ0v) is 7.36. The Morgan fingerprint density at radius 1 is 1.40 bits per heavy atom. The summed E-state index contributed by atoms with van der Waals surface area (Å²) in [5.74, 6) is 6.79. The SMILES string of the molecule is CC(C)=CC#CCC(C)C. The summed E-state index contributed by atoms with van der Waals surface area (Å²) in [7, 11) is 0. The lowest BCUT2D eigenvalue weighted by molar-refractivity contribution is 0.676. The minimum atomic E-state index is 0.693. The van der Waals surface area contributed by atoms with Gasteiger partial charge in [-0.05, 0) is 25.8 Å². The molecule has 0 heteroatoms. The maximum atomic E-state index is 3.09. The van der Waals surface area contributed by atoms with Gasteiger partial charge in [-0.3, -0.25) is 0 Å². The summed E-state index contributed by atoms with van der Waals surface area (Å²) in [6.45, 7) is 8.47. The van der Waals surface area contributed by atoms with Crippen molar-refractivity contribution in [2.75, 3.05) is 0 Å². The molecule has 0 nitrogen and oxygen atoms in total. The lowest BCUT2D eigenvalue weighted by Gasteiger charge is -1.91. The second-order valence-corrected chi connectivity index (χ2v) is 3.14. The van der Waals surface area contributed by atoms with Gasteiger partial charge in [0.25, 0.3) is 0 Å². The van der Waals surface area contributed by atoms with Gasteiger partial charge >= 0.3 is 0 Å². The van der Waals surface area contributed by atoms with Crippen LogP contribution in [0.2, 0.25) is 0 Å². The molecule has 0 N–H and O–H groups in total. The zero-order chi connectivity index (χ0) is 7.98. The first kappa shape index (κ1) is 9.30. The fraction of sp³-hybridized carbons (Fsp3) is 0.600. The number of hydrogen-bond acceptors (Lipinski definition) is 0. The van der Waals surface area contributed by atoms with Crippen LogP contribution in [0.15, 0.2) is 11.6 Å². The molecular weight excluding hydrogens is 120 g/mol. The van der Waals surface area contributed by atoms with Gasteiger partial charge in [-0.15, -0.1) is 0 Å². The zero-order valence-electron chi connectivity index (χ0n) is 7.36. The van der Waals surface area contributed by atoms with Crippen LogP contribution in [0.3, 0.4) is 0 Å². The van der Waals surface area contributed by atoms with E-state index in [0.717, 1.165) is 6.42 Å². The lowest BCUT2D eigenvalue weighted by atomic mass is 10.1. The second kappa shape index (κ2) is 5.11. The Kier molecular flexibility index (Phi) is 4.76. The lowest BCUT2D eigenvalue weighted by Crippen LogP contribution is -1.80. The number of rotatable bonds is 1. The molecule has 0 aromatic rings. The standard InChI is InChI=1S/C10H16/c1-9(2)7-5-6-8-10(3)4/h7,10H,8H2,1-4H3. The van der Waals surface area contributed by atoms with Gasteiger partial charge in [0.1, 0.15) is 0 Å². The van der Waals surface area contributed by atoms with Crippen molar-refractivity contribution in [1.29, 1.82) is 0 Å². The molecular formula is C10H16. The van der Waals surface area contributed by atoms with Crippen molar-refractivity contribution in [2.45, 2.75) is 34.1 Å². The first-order valence-corrected chi connectivity index (χ1v) is 3.74. The van der Waals surface area contributed by atoms with Crippen LogP contribution in [0.1, 0.15) is 34.1 Å². The predicted octanol–water partition coefficient (Wildman–Crippen LogP) is 3.00. The van der Waals surface area contributed by atoms with Crippen LogP contribution >= 0.6 is 0 Å². The van der Waals surface area contributed by atoms with Crippen LogP contribution < -0.4 is 0 Å². The van der Waals surface area contributed by atoms with Gasteiger partial charge in [-0.2, -0.15) is 0 Å². The molecule has 0 aliphatic carbocycles. The average molecular weight is 136 g/mol. The molecule has 0 fully saturated rings. The van der Waals surface area contributed by atoms with Crippen LogP contribution in [-0.4, -0.2) is 0 Å². The van der Waals surface area contributed by atoms with Gasteiger partial charge in [0.05, 0.1) is 0 Å². The second-order valence-electron chi connectivity index (χ2n) is 3.14. The number of allylic oxidation sites excluding steroid dienone is 2. The van der Waals surface area contributed by atoms with Crippen molar-refractivity contribution in [3.8, 4) is 11.8 Å². The van der Waals surface area contributed by atoms with E-state index in [9.17, 15) is 0 Å². The molecule has 0 radical (unpaired) electrons. The highest BCUT2D eigenvalue weighted by Gasteiger charge is 1.84. The Morgan fingerprint density at radius 3 is 2.40 bits per heavy atom. The molecule has 0 aromatic heterocycles. The number of hydrogen-bond donors (Lipinski definition) is 0. The Morgan fingerprint density at radius 2 is 2.00 bits per heavy atom. The van der Waals surface area contributed by atoms with Gasteiger partial charge in [0.2, 0.25) is 0 Å². The maximum Gasteiger partial charge on any atom is 0.0115 e. The highest BCUT2D eigenvalue weighted by Crippen LogP contribution is 1.95. The third kappa shape index (κ3) is 7.30. The summed E-state index contributed by atoms with van der Waals surface area (Å²) in [4.78, 5) is 0. The Labute approximate surface area is 64.3 Å². The highest BCUT2D eigenvalue weighted by atomic mass is 13.9. The van der Waals surface area contributed by atoms with Crippen molar-refractivity contribution in [3.05, 3.63) is 11.6 Å². The van der Waals surface area contributed by atoms with E-state index in [1.54, 1.807) is 0 Å². The quantitative estimate of drug-likeness (QED) is 0.486. The first-order chi connectivity index (χ1) is 4.63. The van der Waals surface area contributed by atoms with Gasteiger partial charge in [0.15, 0.2) is 0 Å². The van der Waals surface area contributed by atoms with Gasteiger partial charge in [-0.1, -0.05) is 31.3 Å². The fourth-order valence-corrected chi connectivity index (χ4v) is 0.458. The smallest absolute Gasteiger partial charge is 0.0115 e. The van der Waals surface area contributed by atoms with E-state index in [2.05, 4.69) is 39.5 Å². The Bertz CT molecular complexity index is 158. The average Bonchev–Trinajstić information content (AvgIpc) is 1.79. The molecule has 0 saturated heterocycles. The molecule has 0 aromatic carbocycles. The summed E-state index contributed by atoms with van der Waals surface area (Å²) in [6, 6.07) is 0. The molecule has 0 saturated carbocycles. The molecule has 0 atom stereocenters. The van der Waals surface area contributed by atoms with E-state index in [-0.39, 0.29) is 0 Å². The highest BCUT2D eigenvalue weighted by molar-refractivity contribution is 5.18. The summed E-state index contributed by atoms with van der Waals surface area (Å²) in [6.07, 6.45) is 2.96. The monoisotopic (exact) mass is 136 g/mol. The van der Waals surface area contributed by atoms with Gasteiger partial charge < -0.3 is 0 Å². The van der Waals surface area contributed by atoms with E-state index in [1.807, 2.05) is 6.08 Å². The van der Waals surface area contributed by atoms with E-state index in [0.29, 0.717) is 5.92 Å². The molecule has 0 unspecified atom stereocenters. The van der Waals surface area contributed by atoms with Crippen molar-refractivity contribution >= 4 is 0 Å². The van der Waals surface area contributed by atoms with Crippen molar-refractivity contribution in [3.63, 3.8) is 0 Å². The minimum absolute atomic E-state index is 0.693. The van der Waals surface area contributed by atoms with Crippen molar-refractivity contribution < 1.29 is 0 Å². The molecule has 10 heavy (non-hydrogen) atoms. The maximum absolute atomic E-state index is 3.09. The van der Waals surface area contributed by atoms with Crippen LogP contribution in [0.25, 0.3) is 0 Å². The van der Waals surface area contributed by atoms with Crippen molar-refractivity contribution in [2.24, 2.45) is 5.92 Å². The summed E-state index contributed by atoms with van der Waals surface area (Å²) in [5, 5.41) is 0. The van der Waals surface area contributed by atoms with E-state index >= 15 is 0 Å². The van der Waals surface area contributed by atoms with Gasteiger partial charge in [0, 0.05) is 6.42 Å². The van der Waals surface area contributed by atoms with E-state index in [1.165, 1.54) is 5.57 Å². The normalized spacial score (nSPS) is 8.50. The van der Waals surface area contributed by atoms with Crippen LogP contribution in [-0.2, 0) is 0 Å². The van der Waals surface area contributed by atoms with E-state index in [4.69, 9.17) is 0 Å². The summed E-state index contributed by atoms with van der Waals surface area (Å²) >= 11 is 0.